The second kappa shape index (κ2) is 6.83. The number of carbonyl (C=O) groups excluding carboxylic acids is 1. The van der Waals surface area contributed by atoms with Crippen molar-refractivity contribution >= 4 is 11.6 Å². The molecule has 7 heteroatoms. The predicted molar refractivity (Wildman–Crippen MR) is 101 cm³/mol. The highest BCUT2D eigenvalue weighted by atomic mass is 16.5. The van der Waals surface area contributed by atoms with E-state index in [2.05, 4.69) is 20.6 Å². The Labute approximate surface area is 157 Å². The molecular formula is C20H21N5O2. The minimum absolute atomic E-state index is 0.0875. The van der Waals surface area contributed by atoms with Crippen molar-refractivity contribution in [1.29, 1.82) is 0 Å². The monoisotopic (exact) mass is 363 g/mol. The molecule has 0 bridgehead atoms. The van der Waals surface area contributed by atoms with Gasteiger partial charge in [-0.15, -0.1) is 10.2 Å². The van der Waals surface area contributed by atoms with Gasteiger partial charge in [0.15, 0.2) is 5.82 Å². The molecule has 0 unspecified atom stereocenters. The van der Waals surface area contributed by atoms with Crippen LogP contribution in [0.25, 0.3) is 5.82 Å². The molecule has 2 heterocycles. The van der Waals surface area contributed by atoms with E-state index in [1.165, 1.54) is 0 Å². The van der Waals surface area contributed by atoms with Crippen LogP contribution in [0.1, 0.15) is 29.8 Å². The Hall–Kier alpha value is -3.22. The van der Waals surface area contributed by atoms with Gasteiger partial charge in [0.05, 0.1) is 5.69 Å². The number of rotatable bonds is 5. The zero-order valence-electron chi connectivity index (χ0n) is 15.6. The van der Waals surface area contributed by atoms with Crippen LogP contribution in [0.3, 0.4) is 0 Å². The number of aromatic nitrogens is 4. The lowest BCUT2D eigenvalue weighted by Crippen LogP contribution is -2.12. The highest BCUT2D eigenvalue weighted by Crippen LogP contribution is 2.30. The van der Waals surface area contributed by atoms with Gasteiger partial charge in [-0.3, -0.25) is 4.79 Å². The molecule has 27 heavy (non-hydrogen) atoms. The number of aryl methyl sites for hydroxylation is 1. The van der Waals surface area contributed by atoms with Crippen LogP contribution in [0.15, 0.2) is 36.4 Å². The Morgan fingerprint density at radius 3 is 2.37 bits per heavy atom. The summed E-state index contributed by atoms with van der Waals surface area (Å²) in [6, 6.07) is 10.8. The second-order valence-electron chi connectivity index (χ2n) is 6.83. The van der Waals surface area contributed by atoms with Crippen LogP contribution < -0.4 is 10.1 Å². The topological polar surface area (TPSA) is 81.9 Å². The first-order chi connectivity index (χ1) is 13.0. The third kappa shape index (κ3) is 3.67. The summed E-state index contributed by atoms with van der Waals surface area (Å²) in [7, 11) is 0. The predicted octanol–water partition coefficient (Wildman–Crippen LogP) is 3.73. The molecule has 1 aromatic carbocycles. The van der Waals surface area contributed by atoms with E-state index in [1.807, 2.05) is 39.0 Å². The van der Waals surface area contributed by atoms with Crippen LogP contribution in [-0.4, -0.2) is 25.9 Å². The molecule has 1 aliphatic carbocycles. The molecule has 4 rings (SSSR count). The number of amides is 1. The van der Waals surface area contributed by atoms with E-state index < -0.39 is 0 Å². The van der Waals surface area contributed by atoms with Crippen molar-refractivity contribution in [2.75, 3.05) is 5.32 Å². The van der Waals surface area contributed by atoms with Crippen LogP contribution in [0.2, 0.25) is 0 Å². The maximum absolute atomic E-state index is 11.8. The maximum Gasteiger partial charge on any atom is 0.238 e. The molecule has 1 saturated carbocycles. The van der Waals surface area contributed by atoms with E-state index in [9.17, 15) is 4.79 Å². The lowest BCUT2D eigenvalue weighted by atomic mass is 10.2. The van der Waals surface area contributed by atoms with Gasteiger partial charge in [0.2, 0.25) is 11.8 Å². The Balaban J connectivity index is 1.43. The van der Waals surface area contributed by atoms with Gasteiger partial charge in [0.1, 0.15) is 5.75 Å². The smallest absolute Gasteiger partial charge is 0.238 e. The van der Waals surface area contributed by atoms with Gasteiger partial charge in [-0.05, 0) is 69.5 Å². The van der Waals surface area contributed by atoms with Crippen molar-refractivity contribution in [3.8, 4) is 17.4 Å². The Bertz CT molecular complexity index is 973. The second-order valence-corrected chi connectivity index (χ2v) is 6.83. The van der Waals surface area contributed by atoms with E-state index in [-0.39, 0.29) is 11.8 Å². The van der Waals surface area contributed by atoms with E-state index in [0.29, 0.717) is 17.4 Å². The highest BCUT2D eigenvalue weighted by Gasteiger charge is 2.29. The number of hydrogen-bond acceptors (Lipinski definition) is 5. The normalized spacial score (nSPS) is 13.4. The first-order valence-electron chi connectivity index (χ1n) is 8.97. The molecule has 2 aromatic heterocycles. The molecule has 1 amide bonds. The van der Waals surface area contributed by atoms with Gasteiger partial charge in [-0.1, -0.05) is 0 Å². The van der Waals surface area contributed by atoms with E-state index >= 15 is 0 Å². The van der Waals surface area contributed by atoms with Gasteiger partial charge in [0, 0.05) is 23.4 Å². The van der Waals surface area contributed by atoms with Crippen molar-refractivity contribution in [3.63, 3.8) is 0 Å². The number of carbonyl (C=O) groups is 1. The third-order valence-electron chi connectivity index (χ3n) is 4.79. The van der Waals surface area contributed by atoms with Gasteiger partial charge in [-0.25, -0.2) is 4.68 Å². The summed E-state index contributed by atoms with van der Waals surface area (Å²) >= 11 is 0. The van der Waals surface area contributed by atoms with Gasteiger partial charge >= 0.3 is 0 Å². The molecule has 0 atom stereocenters. The van der Waals surface area contributed by atoms with Crippen LogP contribution in [0.4, 0.5) is 5.69 Å². The molecule has 138 valence electrons. The maximum atomic E-state index is 11.8. The largest absolute Gasteiger partial charge is 0.438 e. The summed E-state index contributed by atoms with van der Waals surface area (Å²) in [6.45, 7) is 6.02. The molecule has 1 N–H and O–H groups in total. The van der Waals surface area contributed by atoms with Gasteiger partial charge < -0.3 is 10.1 Å². The SMILES string of the molecule is Cc1nn(-c2ccc(Oc3ccc(NC(=O)C4CC4)cc3)nn2)c(C)c1C. The van der Waals surface area contributed by atoms with Gasteiger partial charge in [-0.2, -0.15) is 5.10 Å². The molecule has 0 aliphatic heterocycles. The van der Waals surface area contributed by atoms with E-state index in [1.54, 1.807) is 22.9 Å². The number of ether oxygens (including phenoxy) is 1. The van der Waals surface area contributed by atoms with Crippen molar-refractivity contribution < 1.29 is 9.53 Å². The Morgan fingerprint density at radius 2 is 1.81 bits per heavy atom. The summed E-state index contributed by atoms with van der Waals surface area (Å²) in [4.78, 5) is 11.8. The standard InChI is InChI=1S/C20H21N5O2/c1-12-13(2)24-25(14(12)3)18-10-11-19(23-22-18)27-17-8-6-16(7-9-17)21-20(26)15-4-5-15/h6-11,15H,4-5H2,1-3H3,(H,21,26). The first-order valence-corrected chi connectivity index (χ1v) is 8.97. The quantitative estimate of drug-likeness (QED) is 0.747. The summed E-state index contributed by atoms with van der Waals surface area (Å²) in [5.41, 5.74) is 3.93. The fourth-order valence-corrected chi connectivity index (χ4v) is 2.74. The Kier molecular flexibility index (Phi) is 4.35. The molecule has 3 aromatic rings. The zero-order chi connectivity index (χ0) is 19.0. The van der Waals surface area contributed by atoms with Crippen molar-refractivity contribution in [3.05, 3.63) is 53.3 Å². The molecular weight excluding hydrogens is 342 g/mol. The van der Waals surface area contributed by atoms with Crippen LogP contribution in [-0.2, 0) is 4.79 Å². The number of benzene rings is 1. The van der Waals surface area contributed by atoms with Crippen LogP contribution >= 0.6 is 0 Å². The highest BCUT2D eigenvalue weighted by molar-refractivity contribution is 5.94. The fourth-order valence-electron chi connectivity index (χ4n) is 2.74. The third-order valence-corrected chi connectivity index (χ3v) is 4.79. The van der Waals surface area contributed by atoms with Crippen LogP contribution in [0, 0.1) is 26.7 Å². The van der Waals surface area contributed by atoms with Crippen molar-refractivity contribution in [2.45, 2.75) is 33.6 Å². The number of hydrogen-bond donors (Lipinski definition) is 1. The number of anilines is 1. The lowest BCUT2D eigenvalue weighted by molar-refractivity contribution is -0.117. The molecule has 0 saturated heterocycles. The average molecular weight is 363 g/mol. The van der Waals surface area contributed by atoms with E-state index in [0.717, 1.165) is 35.5 Å². The number of nitrogens with one attached hydrogen (secondary N) is 1. The zero-order valence-corrected chi connectivity index (χ0v) is 15.6. The fraction of sp³-hybridized carbons (Fsp3) is 0.300. The minimum Gasteiger partial charge on any atom is -0.438 e. The first kappa shape index (κ1) is 17.2. The molecule has 0 spiro atoms. The summed E-state index contributed by atoms with van der Waals surface area (Å²) in [5, 5.41) is 15.7. The summed E-state index contributed by atoms with van der Waals surface area (Å²) in [5.74, 6) is 1.94. The molecule has 1 fully saturated rings. The summed E-state index contributed by atoms with van der Waals surface area (Å²) in [6.07, 6.45) is 1.97. The summed E-state index contributed by atoms with van der Waals surface area (Å²) < 4.78 is 7.51. The Morgan fingerprint density at radius 1 is 1.07 bits per heavy atom. The number of nitrogens with zero attached hydrogens (tertiary/aromatic N) is 4. The lowest BCUT2D eigenvalue weighted by Gasteiger charge is -2.08. The van der Waals surface area contributed by atoms with Crippen LogP contribution in [0.5, 0.6) is 11.6 Å². The van der Waals surface area contributed by atoms with Crippen molar-refractivity contribution in [2.24, 2.45) is 5.92 Å². The molecule has 0 radical (unpaired) electrons. The van der Waals surface area contributed by atoms with Crippen molar-refractivity contribution in [1.82, 2.24) is 20.0 Å². The van der Waals surface area contributed by atoms with E-state index in [4.69, 9.17) is 4.74 Å². The minimum atomic E-state index is 0.0875. The van der Waals surface area contributed by atoms with Gasteiger partial charge in [0.25, 0.3) is 0 Å². The molecule has 7 nitrogen and oxygen atoms in total. The average Bonchev–Trinajstić information content (AvgIpc) is 3.49. The molecule has 1 aliphatic rings.